The van der Waals surface area contributed by atoms with E-state index in [2.05, 4.69) is 10.6 Å². The van der Waals surface area contributed by atoms with Crippen LogP contribution >= 0.6 is 23.2 Å². The van der Waals surface area contributed by atoms with Crippen molar-refractivity contribution in [2.45, 2.75) is 20.8 Å². The lowest BCUT2D eigenvalue weighted by Crippen LogP contribution is -2.39. The molecule has 0 bridgehead atoms. The van der Waals surface area contributed by atoms with Gasteiger partial charge in [-0.05, 0) is 23.8 Å². The molecule has 0 saturated carbocycles. The van der Waals surface area contributed by atoms with Crippen LogP contribution in [-0.4, -0.2) is 32.1 Å². The molecule has 0 spiro atoms. The molecule has 4 nitrogen and oxygen atoms in total. The van der Waals surface area contributed by atoms with Crippen LogP contribution in [0.3, 0.4) is 0 Å². The molecule has 1 aliphatic rings. The molecule has 1 aromatic rings. The van der Waals surface area contributed by atoms with E-state index in [0.717, 1.165) is 11.1 Å². The van der Waals surface area contributed by atoms with Gasteiger partial charge in [-0.15, -0.1) is 0 Å². The Balaban J connectivity index is 1.81. The van der Waals surface area contributed by atoms with Gasteiger partial charge in [-0.2, -0.15) is 0 Å². The minimum Gasteiger partial charge on any atom is -0.487 e. The Morgan fingerprint density at radius 2 is 2.00 bits per heavy atom. The maximum atomic E-state index is 11.7. The Bertz CT molecular complexity index is 622. The Hall–Kier alpha value is -1.23. The molecule has 2 N–H and O–H groups in total. The fourth-order valence-electron chi connectivity index (χ4n) is 2.15. The molecule has 0 aromatic heterocycles. The summed E-state index contributed by atoms with van der Waals surface area (Å²) in [4.78, 5) is 11.7. The first-order valence-corrected chi connectivity index (χ1v) is 8.33. The van der Waals surface area contributed by atoms with Crippen LogP contribution in [0.1, 0.15) is 26.3 Å². The van der Waals surface area contributed by atoms with Crippen molar-refractivity contribution in [1.29, 1.82) is 0 Å². The standard InChI is InChI=1S/C17H22Cl2N2O2/c1-17(2,3)16(22)21-5-4-20-9-11-6-12-7-13(18)8-14(19)15(12)23-10-11/h6-8,20H,4-5,9-10H2,1-3H3,(H,21,22). The van der Waals surface area contributed by atoms with Crippen LogP contribution in [0.5, 0.6) is 5.75 Å². The van der Waals surface area contributed by atoms with Crippen LogP contribution in [0.4, 0.5) is 0 Å². The summed E-state index contributed by atoms with van der Waals surface area (Å²) in [5.74, 6) is 0.731. The number of fused-ring (bicyclic) bond motifs is 1. The smallest absolute Gasteiger partial charge is 0.225 e. The first-order chi connectivity index (χ1) is 10.8. The minimum atomic E-state index is -0.359. The predicted molar refractivity (Wildman–Crippen MR) is 95.3 cm³/mol. The summed E-state index contributed by atoms with van der Waals surface area (Å²) in [6, 6.07) is 3.52. The number of hydrogen-bond donors (Lipinski definition) is 2. The summed E-state index contributed by atoms with van der Waals surface area (Å²) in [7, 11) is 0. The van der Waals surface area contributed by atoms with Crippen molar-refractivity contribution in [2.24, 2.45) is 5.41 Å². The molecule has 23 heavy (non-hydrogen) atoms. The molecule has 0 saturated heterocycles. The van der Waals surface area contributed by atoms with Crippen LogP contribution in [0.25, 0.3) is 6.08 Å². The average molecular weight is 357 g/mol. The van der Waals surface area contributed by atoms with Gasteiger partial charge in [0.1, 0.15) is 12.4 Å². The quantitative estimate of drug-likeness (QED) is 0.793. The second-order valence-corrected chi connectivity index (χ2v) is 7.42. The number of amides is 1. The largest absolute Gasteiger partial charge is 0.487 e. The van der Waals surface area contributed by atoms with Crippen LogP contribution < -0.4 is 15.4 Å². The van der Waals surface area contributed by atoms with Crippen molar-refractivity contribution in [3.63, 3.8) is 0 Å². The molecule has 2 rings (SSSR count). The summed E-state index contributed by atoms with van der Waals surface area (Å²) in [5.41, 5.74) is 1.65. The molecule has 126 valence electrons. The average Bonchev–Trinajstić information content (AvgIpc) is 2.45. The highest BCUT2D eigenvalue weighted by Crippen LogP contribution is 2.36. The highest BCUT2D eigenvalue weighted by Gasteiger charge is 2.20. The van der Waals surface area contributed by atoms with Gasteiger partial charge in [0.25, 0.3) is 0 Å². The maximum absolute atomic E-state index is 11.7. The zero-order valence-electron chi connectivity index (χ0n) is 13.6. The van der Waals surface area contributed by atoms with Crippen molar-refractivity contribution in [3.8, 4) is 5.75 Å². The van der Waals surface area contributed by atoms with Gasteiger partial charge in [-0.3, -0.25) is 4.79 Å². The topological polar surface area (TPSA) is 50.4 Å². The van der Waals surface area contributed by atoms with Gasteiger partial charge in [0.15, 0.2) is 0 Å². The number of ether oxygens (including phenoxy) is 1. The van der Waals surface area contributed by atoms with E-state index in [9.17, 15) is 4.79 Å². The third-order valence-electron chi connectivity index (χ3n) is 3.42. The lowest BCUT2D eigenvalue weighted by Gasteiger charge is -2.20. The molecule has 0 atom stereocenters. The minimum absolute atomic E-state index is 0.0535. The van der Waals surface area contributed by atoms with Crippen molar-refractivity contribution >= 4 is 35.2 Å². The highest BCUT2D eigenvalue weighted by molar-refractivity contribution is 6.36. The second kappa shape index (κ2) is 7.56. The normalized spacial score (nSPS) is 13.9. The number of benzene rings is 1. The highest BCUT2D eigenvalue weighted by atomic mass is 35.5. The molecule has 1 aromatic carbocycles. The summed E-state index contributed by atoms with van der Waals surface area (Å²) in [6.07, 6.45) is 2.04. The Kier molecular flexibility index (Phi) is 5.95. The van der Waals surface area contributed by atoms with E-state index in [1.54, 1.807) is 6.07 Å². The first kappa shape index (κ1) is 18.1. The summed E-state index contributed by atoms with van der Waals surface area (Å²) < 4.78 is 5.69. The van der Waals surface area contributed by atoms with Crippen LogP contribution in [-0.2, 0) is 4.79 Å². The second-order valence-electron chi connectivity index (χ2n) is 6.58. The zero-order valence-corrected chi connectivity index (χ0v) is 15.1. The first-order valence-electron chi connectivity index (χ1n) is 7.57. The van der Waals surface area contributed by atoms with Crippen molar-refractivity contribution in [3.05, 3.63) is 33.3 Å². The van der Waals surface area contributed by atoms with Gasteiger partial charge in [0.2, 0.25) is 5.91 Å². The molecular weight excluding hydrogens is 335 g/mol. The van der Waals surface area contributed by atoms with Gasteiger partial charge >= 0.3 is 0 Å². The van der Waals surface area contributed by atoms with E-state index in [0.29, 0.717) is 42.0 Å². The number of rotatable bonds is 5. The number of halogens is 2. The van der Waals surface area contributed by atoms with E-state index in [1.165, 1.54) is 0 Å². The molecule has 0 unspecified atom stereocenters. The lowest BCUT2D eigenvalue weighted by molar-refractivity contribution is -0.128. The Morgan fingerprint density at radius 1 is 1.26 bits per heavy atom. The van der Waals surface area contributed by atoms with Crippen LogP contribution in [0, 0.1) is 5.41 Å². The predicted octanol–water partition coefficient (Wildman–Crippen LogP) is 3.52. The maximum Gasteiger partial charge on any atom is 0.225 e. The molecule has 0 aliphatic carbocycles. The zero-order chi connectivity index (χ0) is 17.0. The van der Waals surface area contributed by atoms with Crippen LogP contribution in [0.15, 0.2) is 17.7 Å². The van der Waals surface area contributed by atoms with Crippen LogP contribution in [0.2, 0.25) is 10.0 Å². The molecule has 1 heterocycles. The van der Waals surface area contributed by atoms with Crippen molar-refractivity contribution in [1.82, 2.24) is 10.6 Å². The van der Waals surface area contributed by atoms with E-state index in [-0.39, 0.29) is 11.3 Å². The molecule has 1 amide bonds. The molecule has 0 radical (unpaired) electrons. The summed E-state index contributed by atoms with van der Waals surface area (Å²) in [6.45, 7) is 8.17. The molecule has 0 fully saturated rings. The van der Waals surface area contributed by atoms with Gasteiger partial charge in [0, 0.05) is 35.6 Å². The van der Waals surface area contributed by atoms with Crippen molar-refractivity contribution in [2.75, 3.05) is 26.2 Å². The molecule has 6 heteroatoms. The summed E-state index contributed by atoms with van der Waals surface area (Å²) >= 11 is 12.1. The monoisotopic (exact) mass is 356 g/mol. The third-order valence-corrected chi connectivity index (χ3v) is 3.92. The van der Waals surface area contributed by atoms with Gasteiger partial charge in [-0.25, -0.2) is 0 Å². The fraction of sp³-hybridized carbons (Fsp3) is 0.471. The van der Waals surface area contributed by atoms with Gasteiger partial charge < -0.3 is 15.4 Å². The Morgan fingerprint density at radius 3 is 2.70 bits per heavy atom. The number of hydrogen-bond acceptors (Lipinski definition) is 3. The lowest BCUT2D eigenvalue weighted by atomic mass is 9.96. The van der Waals surface area contributed by atoms with E-state index in [1.807, 2.05) is 32.9 Å². The summed E-state index contributed by atoms with van der Waals surface area (Å²) in [5, 5.41) is 7.32. The molecule has 1 aliphatic heterocycles. The SMILES string of the molecule is CC(C)(C)C(=O)NCCNCC1=Cc2cc(Cl)cc(Cl)c2OC1. The van der Waals surface area contributed by atoms with Gasteiger partial charge in [-0.1, -0.05) is 44.0 Å². The van der Waals surface area contributed by atoms with Crippen molar-refractivity contribution < 1.29 is 9.53 Å². The number of nitrogens with one attached hydrogen (secondary N) is 2. The Labute approximate surface area is 147 Å². The fourth-order valence-corrected chi connectivity index (χ4v) is 2.71. The molecular formula is C17H22Cl2N2O2. The third kappa shape index (κ3) is 5.13. The number of carbonyl (C=O) groups is 1. The van der Waals surface area contributed by atoms with E-state index >= 15 is 0 Å². The van der Waals surface area contributed by atoms with E-state index in [4.69, 9.17) is 27.9 Å². The number of carbonyl (C=O) groups excluding carboxylic acids is 1. The van der Waals surface area contributed by atoms with Gasteiger partial charge in [0.05, 0.1) is 5.02 Å². The van der Waals surface area contributed by atoms with E-state index < -0.39 is 0 Å².